The van der Waals surface area contributed by atoms with Crippen LogP contribution >= 0.6 is 11.6 Å². The Morgan fingerprint density at radius 1 is 1.38 bits per heavy atom. The second-order valence-electron chi connectivity index (χ2n) is 3.98. The van der Waals surface area contributed by atoms with E-state index in [0.29, 0.717) is 12.0 Å². The molecule has 0 bridgehead atoms. The fraction of sp³-hybridized carbons (Fsp3) is 0.889. The maximum Gasteiger partial charge on any atom is 0.190 e. The van der Waals surface area contributed by atoms with Crippen molar-refractivity contribution in [2.45, 2.75) is 43.6 Å². The molecule has 1 saturated carbocycles. The molecule has 0 amide bonds. The van der Waals surface area contributed by atoms with E-state index in [-0.39, 0.29) is 5.50 Å². The van der Waals surface area contributed by atoms with Crippen molar-refractivity contribution in [3.63, 3.8) is 0 Å². The van der Waals surface area contributed by atoms with E-state index in [4.69, 9.17) is 17.3 Å². The fourth-order valence-corrected chi connectivity index (χ4v) is 2.67. The van der Waals surface area contributed by atoms with Crippen molar-refractivity contribution in [2.75, 3.05) is 0 Å². The normalized spacial score (nSPS) is 35.6. The number of nitrogens with one attached hydrogen (secondary N) is 1. The number of guanidine groups is 1. The second-order valence-corrected chi connectivity index (χ2v) is 4.48. The smallest absolute Gasteiger partial charge is 0.190 e. The minimum Gasteiger partial charge on any atom is -0.370 e. The number of hydrogen-bond donors (Lipinski definition) is 2. The summed E-state index contributed by atoms with van der Waals surface area (Å²) in [4.78, 5) is 4.05. The van der Waals surface area contributed by atoms with E-state index in [9.17, 15) is 0 Å². The lowest BCUT2D eigenvalue weighted by Crippen LogP contribution is -2.48. The van der Waals surface area contributed by atoms with Crippen LogP contribution in [-0.2, 0) is 0 Å². The molecule has 1 fully saturated rings. The minimum absolute atomic E-state index is 0.119. The first-order chi connectivity index (χ1) is 6.25. The predicted octanol–water partition coefficient (Wildman–Crippen LogP) is 1.42. The van der Waals surface area contributed by atoms with Gasteiger partial charge in [0.25, 0.3) is 0 Å². The molecule has 0 aromatic rings. The average molecular weight is 202 g/mol. The average Bonchev–Trinajstić information content (AvgIpc) is 2.53. The number of nitrogens with two attached hydrogens (primary N) is 1. The molecule has 74 valence electrons. The van der Waals surface area contributed by atoms with Gasteiger partial charge in [-0.25, -0.2) is 4.99 Å². The van der Waals surface area contributed by atoms with E-state index < -0.39 is 0 Å². The van der Waals surface area contributed by atoms with E-state index in [1.54, 1.807) is 0 Å². The first kappa shape index (κ1) is 9.13. The highest BCUT2D eigenvalue weighted by Crippen LogP contribution is 2.31. The summed E-state index contributed by atoms with van der Waals surface area (Å²) in [7, 11) is 0. The van der Waals surface area contributed by atoms with Crippen molar-refractivity contribution < 1.29 is 0 Å². The molecular formula is C9H16ClN3. The van der Waals surface area contributed by atoms with Crippen molar-refractivity contribution in [2.24, 2.45) is 16.6 Å². The van der Waals surface area contributed by atoms with Gasteiger partial charge in [-0.1, -0.05) is 24.4 Å². The highest BCUT2D eigenvalue weighted by Gasteiger charge is 2.29. The molecule has 13 heavy (non-hydrogen) atoms. The Hall–Kier alpha value is -0.440. The van der Waals surface area contributed by atoms with Crippen LogP contribution in [0.1, 0.15) is 32.1 Å². The second kappa shape index (κ2) is 3.74. The van der Waals surface area contributed by atoms with Crippen LogP contribution < -0.4 is 11.1 Å². The van der Waals surface area contributed by atoms with Crippen molar-refractivity contribution in [3.05, 3.63) is 0 Å². The van der Waals surface area contributed by atoms with Crippen LogP contribution in [-0.4, -0.2) is 17.5 Å². The van der Waals surface area contributed by atoms with Gasteiger partial charge in [-0.15, -0.1) is 0 Å². The van der Waals surface area contributed by atoms with Gasteiger partial charge in [0.1, 0.15) is 5.50 Å². The Morgan fingerprint density at radius 3 is 2.69 bits per heavy atom. The summed E-state index contributed by atoms with van der Waals surface area (Å²) in [5, 5.41) is 3.23. The molecule has 0 aromatic carbocycles. The quantitative estimate of drug-likeness (QED) is 0.498. The Balaban J connectivity index is 1.97. The molecule has 4 heteroatoms. The van der Waals surface area contributed by atoms with Gasteiger partial charge in [-0.05, 0) is 18.8 Å². The van der Waals surface area contributed by atoms with Crippen molar-refractivity contribution in [3.8, 4) is 0 Å². The zero-order chi connectivity index (χ0) is 9.26. The monoisotopic (exact) mass is 201 g/mol. The number of alkyl halides is 1. The Labute approximate surface area is 83.7 Å². The third-order valence-electron chi connectivity index (χ3n) is 3.03. The molecule has 2 atom stereocenters. The fourth-order valence-electron chi connectivity index (χ4n) is 2.37. The van der Waals surface area contributed by atoms with Gasteiger partial charge in [-0.2, -0.15) is 0 Å². The molecule has 0 spiro atoms. The van der Waals surface area contributed by atoms with Gasteiger partial charge in [0.15, 0.2) is 5.96 Å². The highest BCUT2D eigenvalue weighted by molar-refractivity contribution is 6.21. The molecule has 2 aliphatic rings. The van der Waals surface area contributed by atoms with E-state index in [1.807, 2.05) is 0 Å². The van der Waals surface area contributed by atoms with E-state index >= 15 is 0 Å². The van der Waals surface area contributed by atoms with E-state index in [0.717, 1.165) is 12.3 Å². The lowest BCUT2D eigenvalue weighted by molar-refractivity contribution is 0.364. The summed E-state index contributed by atoms with van der Waals surface area (Å²) in [6.07, 6.45) is 6.26. The molecule has 1 aliphatic heterocycles. The van der Waals surface area contributed by atoms with E-state index in [1.165, 1.54) is 25.7 Å². The van der Waals surface area contributed by atoms with Gasteiger partial charge in [-0.3, -0.25) is 0 Å². The molecular weight excluding hydrogens is 186 g/mol. The number of halogens is 1. The summed E-state index contributed by atoms with van der Waals surface area (Å²) >= 11 is 5.98. The standard InChI is InChI=1S/C9H16ClN3/c10-8-5-7(12-9(11)13-8)6-3-1-2-4-6/h6-8H,1-5H2,(H3,11,12,13). The molecule has 1 aliphatic carbocycles. The minimum atomic E-state index is -0.119. The van der Waals surface area contributed by atoms with Crippen LogP contribution in [0.5, 0.6) is 0 Å². The number of aliphatic imine (C=N–C) groups is 1. The zero-order valence-electron chi connectivity index (χ0n) is 7.67. The third-order valence-corrected chi connectivity index (χ3v) is 3.31. The topological polar surface area (TPSA) is 50.4 Å². The largest absolute Gasteiger partial charge is 0.370 e. The number of rotatable bonds is 1. The molecule has 0 saturated heterocycles. The van der Waals surface area contributed by atoms with Crippen LogP contribution in [0.2, 0.25) is 0 Å². The predicted molar refractivity (Wildman–Crippen MR) is 54.8 cm³/mol. The Morgan fingerprint density at radius 2 is 2.08 bits per heavy atom. The zero-order valence-corrected chi connectivity index (χ0v) is 8.43. The maximum atomic E-state index is 5.98. The lowest BCUT2D eigenvalue weighted by atomic mass is 9.95. The van der Waals surface area contributed by atoms with E-state index in [2.05, 4.69) is 10.3 Å². The van der Waals surface area contributed by atoms with Gasteiger partial charge < -0.3 is 11.1 Å². The SMILES string of the molecule is NC1=NC(Cl)CC(C2CCCC2)N1. The van der Waals surface area contributed by atoms with Gasteiger partial charge >= 0.3 is 0 Å². The molecule has 2 unspecified atom stereocenters. The molecule has 1 heterocycles. The molecule has 3 nitrogen and oxygen atoms in total. The first-order valence-electron chi connectivity index (χ1n) is 4.99. The number of hydrogen-bond acceptors (Lipinski definition) is 3. The number of nitrogens with zero attached hydrogens (tertiary/aromatic N) is 1. The van der Waals surface area contributed by atoms with Crippen molar-refractivity contribution in [1.82, 2.24) is 5.32 Å². The summed E-state index contributed by atoms with van der Waals surface area (Å²) < 4.78 is 0. The van der Waals surface area contributed by atoms with Crippen molar-refractivity contribution in [1.29, 1.82) is 0 Å². The molecule has 0 aromatic heterocycles. The summed E-state index contributed by atoms with van der Waals surface area (Å²) in [5.41, 5.74) is 5.52. The van der Waals surface area contributed by atoms with Gasteiger partial charge in [0, 0.05) is 12.5 Å². The van der Waals surface area contributed by atoms with Crippen LogP contribution in [0, 0.1) is 5.92 Å². The van der Waals surface area contributed by atoms with Gasteiger partial charge in [0.05, 0.1) is 0 Å². The molecule has 0 radical (unpaired) electrons. The van der Waals surface area contributed by atoms with Crippen LogP contribution in [0.3, 0.4) is 0 Å². The van der Waals surface area contributed by atoms with Gasteiger partial charge in [0.2, 0.25) is 0 Å². The Kier molecular flexibility index (Phi) is 2.63. The van der Waals surface area contributed by atoms with Crippen LogP contribution in [0.4, 0.5) is 0 Å². The molecule has 2 rings (SSSR count). The van der Waals surface area contributed by atoms with Crippen LogP contribution in [0.15, 0.2) is 4.99 Å². The summed E-state index contributed by atoms with van der Waals surface area (Å²) in [6.45, 7) is 0. The Bertz CT molecular complexity index is 211. The highest BCUT2D eigenvalue weighted by atomic mass is 35.5. The van der Waals surface area contributed by atoms with Crippen molar-refractivity contribution >= 4 is 17.6 Å². The van der Waals surface area contributed by atoms with Crippen LogP contribution in [0.25, 0.3) is 0 Å². The maximum absolute atomic E-state index is 5.98. The third kappa shape index (κ3) is 2.08. The summed E-state index contributed by atoms with van der Waals surface area (Å²) in [6, 6.07) is 0.461. The summed E-state index contributed by atoms with van der Waals surface area (Å²) in [5.74, 6) is 1.28. The molecule has 3 N–H and O–H groups in total. The lowest BCUT2D eigenvalue weighted by Gasteiger charge is -2.29. The first-order valence-corrected chi connectivity index (χ1v) is 5.43.